The average molecular weight is 236 g/mol. The molecule has 0 saturated carbocycles. The summed E-state index contributed by atoms with van der Waals surface area (Å²) in [5.74, 6) is 0.316. The fourth-order valence-corrected chi connectivity index (χ4v) is 1.74. The highest BCUT2D eigenvalue weighted by Gasteiger charge is 2.12. The number of carbonyl (C=O) groups excluding carboxylic acids is 1. The lowest BCUT2D eigenvalue weighted by molar-refractivity contribution is -0.120. The molecule has 0 aliphatic carbocycles. The normalized spacial score (nSPS) is 12.1. The predicted octanol–water partition coefficient (Wildman–Crippen LogP) is 1.57. The first kappa shape index (κ1) is 13.5. The molecular weight excluding hydrogens is 216 g/mol. The van der Waals surface area contributed by atoms with Crippen molar-refractivity contribution in [1.82, 2.24) is 10.6 Å². The van der Waals surface area contributed by atoms with Gasteiger partial charge >= 0.3 is 0 Å². The van der Waals surface area contributed by atoms with Crippen molar-refractivity contribution in [3.63, 3.8) is 0 Å². The minimum atomic E-state index is 0.0182. The third-order valence-corrected chi connectivity index (χ3v) is 2.74. The molecule has 17 heavy (non-hydrogen) atoms. The molecule has 1 aromatic carbocycles. The number of benzene rings is 1. The smallest absolute Gasteiger partial charge is 0.221 e. The van der Waals surface area contributed by atoms with Crippen molar-refractivity contribution in [2.75, 3.05) is 13.6 Å². The fourth-order valence-electron chi connectivity index (χ4n) is 1.74. The van der Waals surface area contributed by atoms with Crippen molar-refractivity contribution in [3.8, 4) is 5.75 Å². The molecule has 1 rings (SSSR count). The number of phenolic OH excluding ortho intramolecular Hbond substituents is 1. The van der Waals surface area contributed by atoms with E-state index in [1.165, 1.54) is 0 Å². The van der Waals surface area contributed by atoms with Crippen molar-refractivity contribution < 1.29 is 9.90 Å². The van der Waals surface area contributed by atoms with Crippen LogP contribution >= 0.6 is 0 Å². The number of hydrogen-bond donors (Lipinski definition) is 3. The SMILES string of the molecule is CCC(NCCC(=O)NC)c1ccccc1O. The Balaban J connectivity index is 2.55. The summed E-state index contributed by atoms with van der Waals surface area (Å²) < 4.78 is 0. The predicted molar refractivity (Wildman–Crippen MR) is 67.8 cm³/mol. The summed E-state index contributed by atoms with van der Waals surface area (Å²) in [7, 11) is 1.63. The van der Waals surface area contributed by atoms with Crippen LogP contribution in [0.4, 0.5) is 0 Å². The summed E-state index contributed by atoms with van der Waals surface area (Å²) in [4.78, 5) is 11.1. The van der Waals surface area contributed by atoms with Gasteiger partial charge in [0.25, 0.3) is 0 Å². The molecule has 1 amide bonds. The molecule has 0 aliphatic heterocycles. The van der Waals surface area contributed by atoms with E-state index < -0.39 is 0 Å². The van der Waals surface area contributed by atoms with Gasteiger partial charge in [-0.1, -0.05) is 25.1 Å². The van der Waals surface area contributed by atoms with Gasteiger partial charge in [0, 0.05) is 31.6 Å². The van der Waals surface area contributed by atoms with E-state index in [1.807, 2.05) is 19.1 Å². The number of amides is 1. The maximum atomic E-state index is 11.1. The Morgan fingerprint density at radius 3 is 2.71 bits per heavy atom. The van der Waals surface area contributed by atoms with Gasteiger partial charge < -0.3 is 15.7 Å². The van der Waals surface area contributed by atoms with Gasteiger partial charge in [-0.2, -0.15) is 0 Å². The van der Waals surface area contributed by atoms with Crippen molar-refractivity contribution in [1.29, 1.82) is 0 Å². The zero-order valence-electron chi connectivity index (χ0n) is 10.4. The largest absolute Gasteiger partial charge is 0.508 e. The Morgan fingerprint density at radius 1 is 1.41 bits per heavy atom. The van der Waals surface area contributed by atoms with Crippen LogP contribution in [0.1, 0.15) is 31.4 Å². The topological polar surface area (TPSA) is 61.4 Å². The summed E-state index contributed by atoms with van der Waals surface area (Å²) in [5, 5.41) is 15.6. The van der Waals surface area contributed by atoms with E-state index in [2.05, 4.69) is 10.6 Å². The number of aromatic hydroxyl groups is 1. The van der Waals surface area contributed by atoms with Gasteiger partial charge in [-0.05, 0) is 12.5 Å². The van der Waals surface area contributed by atoms with Crippen LogP contribution in [0.15, 0.2) is 24.3 Å². The van der Waals surface area contributed by atoms with Crippen molar-refractivity contribution in [3.05, 3.63) is 29.8 Å². The van der Waals surface area contributed by atoms with Gasteiger partial charge in [-0.3, -0.25) is 4.79 Å². The highest BCUT2D eigenvalue weighted by molar-refractivity contribution is 5.75. The molecule has 0 fully saturated rings. The highest BCUT2D eigenvalue weighted by atomic mass is 16.3. The van der Waals surface area contributed by atoms with E-state index in [1.54, 1.807) is 19.2 Å². The van der Waals surface area contributed by atoms with Crippen LogP contribution in [0, 0.1) is 0 Å². The maximum absolute atomic E-state index is 11.1. The van der Waals surface area contributed by atoms with Crippen LogP contribution in [0.2, 0.25) is 0 Å². The van der Waals surface area contributed by atoms with E-state index in [4.69, 9.17) is 0 Å². The molecule has 0 saturated heterocycles. The molecule has 1 aromatic rings. The van der Waals surface area contributed by atoms with Crippen molar-refractivity contribution >= 4 is 5.91 Å². The summed E-state index contributed by atoms with van der Waals surface area (Å²) in [6, 6.07) is 7.36. The van der Waals surface area contributed by atoms with Crippen molar-refractivity contribution in [2.45, 2.75) is 25.8 Å². The summed E-state index contributed by atoms with van der Waals surface area (Å²) in [5.41, 5.74) is 0.881. The maximum Gasteiger partial charge on any atom is 0.221 e. The average Bonchev–Trinajstić information content (AvgIpc) is 2.35. The number of hydrogen-bond acceptors (Lipinski definition) is 3. The number of phenols is 1. The summed E-state index contributed by atoms with van der Waals surface area (Å²) in [6.07, 6.45) is 1.31. The Kier molecular flexibility index (Phi) is 5.49. The highest BCUT2D eigenvalue weighted by Crippen LogP contribution is 2.25. The van der Waals surface area contributed by atoms with Gasteiger partial charge in [-0.15, -0.1) is 0 Å². The number of nitrogens with one attached hydrogen (secondary N) is 2. The Labute approximate surface area is 102 Å². The summed E-state index contributed by atoms with van der Waals surface area (Å²) >= 11 is 0. The standard InChI is InChI=1S/C13H20N2O2/c1-3-11(15-9-8-13(17)14-2)10-6-4-5-7-12(10)16/h4-7,11,15-16H,3,8-9H2,1-2H3,(H,14,17). The van der Waals surface area contributed by atoms with Gasteiger partial charge in [0.2, 0.25) is 5.91 Å². The molecule has 0 radical (unpaired) electrons. The minimum Gasteiger partial charge on any atom is -0.508 e. The quantitative estimate of drug-likeness (QED) is 0.702. The Bertz CT molecular complexity index is 366. The first-order valence-electron chi connectivity index (χ1n) is 5.90. The molecule has 1 atom stereocenters. The van der Waals surface area contributed by atoms with Gasteiger partial charge in [0.15, 0.2) is 0 Å². The lowest BCUT2D eigenvalue weighted by Gasteiger charge is -2.18. The molecule has 0 spiro atoms. The molecular formula is C13H20N2O2. The monoisotopic (exact) mass is 236 g/mol. The van der Waals surface area contributed by atoms with Crippen LogP contribution in [-0.2, 0) is 4.79 Å². The van der Waals surface area contributed by atoms with Crippen LogP contribution in [0.3, 0.4) is 0 Å². The van der Waals surface area contributed by atoms with E-state index in [0.717, 1.165) is 12.0 Å². The second-order valence-electron chi connectivity index (χ2n) is 3.90. The molecule has 0 aliphatic rings. The molecule has 0 bridgehead atoms. The van der Waals surface area contributed by atoms with Crippen LogP contribution in [-0.4, -0.2) is 24.6 Å². The van der Waals surface area contributed by atoms with Crippen LogP contribution < -0.4 is 10.6 Å². The second kappa shape index (κ2) is 6.91. The third-order valence-electron chi connectivity index (χ3n) is 2.74. The van der Waals surface area contributed by atoms with E-state index in [9.17, 15) is 9.90 Å². The van der Waals surface area contributed by atoms with E-state index in [-0.39, 0.29) is 11.9 Å². The number of para-hydroxylation sites is 1. The van der Waals surface area contributed by atoms with E-state index >= 15 is 0 Å². The van der Waals surface area contributed by atoms with Crippen LogP contribution in [0.5, 0.6) is 5.75 Å². The molecule has 1 unspecified atom stereocenters. The minimum absolute atomic E-state index is 0.0182. The second-order valence-corrected chi connectivity index (χ2v) is 3.90. The molecule has 0 aromatic heterocycles. The Hall–Kier alpha value is -1.55. The first-order chi connectivity index (χ1) is 8.19. The van der Waals surface area contributed by atoms with E-state index in [0.29, 0.717) is 18.7 Å². The number of rotatable bonds is 6. The molecule has 4 heteroatoms. The molecule has 4 nitrogen and oxygen atoms in total. The Morgan fingerprint density at radius 2 is 2.12 bits per heavy atom. The zero-order valence-corrected chi connectivity index (χ0v) is 10.4. The summed E-state index contributed by atoms with van der Waals surface area (Å²) in [6.45, 7) is 2.65. The fraction of sp³-hybridized carbons (Fsp3) is 0.462. The zero-order chi connectivity index (χ0) is 12.7. The lowest BCUT2D eigenvalue weighted by Crippen LogP contribution is -2.27. The third kappa shape index (κ3) is 4.07. The van der Waals surface area contributed by atoms with Gasteiger partial charge in [0.1, 0.15) is 5.75 Å². The first-order valence-corrected chi connectivity index (χ1v) is 5.90. The molecule has 3 N–H and O–H groups in total. The molecule has 0 heterocycles. The lowest BCUT2D eigenvalue weighted by atomic mass is 10.0. The molecule has 94 valence electrons. The van der Waals surface area contributed by atoms with Gasteiger partial charge in [0.05, 0.1) is 0 Å². The number of carbonyl (C=O) groups is 1. The van der Waals surface area contributed by atoms with Crippen LogP contribution in [0.25, 0.3) is 0 Å². The van der Waals surface area contributed by atoms with Crippen molar-refractivity contribution in [2.24, 2.45) is 0 Å². The van der Waals surface area contributed by atoms with Gasteiger partial charge in [-0.25, -0.2) is 0 Å².